The van der Waals surface area contributed by atoms with E-state index in [4.69, 9.17) is 11.5 Å². The lowest BCUT2D eigenvalue weighted by molar-refractivity contribution is 0.0986. The zero-order chi connectivity index (χ0) is 21.3. The molecule has 9 heteroatoms. The van der Waals surface area contributed by atoms with Gasteiger partial charge in [0.05, 0.1) is 16.8 Å². The van der Waals surface area contributed by atoms with Crippen LogP contribution < -0.4 is 16.8 Å². The maximum Gasteiger partial charge on any atom is 0.286 e. The number of rotatable bonds is 6. The summed E-state index contributed by atoms with van der Waals surface area (Å²) in [6.07, 6.45) is 1.77. The molecule has 0 aliphatic heterocycles. The van der Waals surface area contributed by atoms with E-state index in [1.807, 2.05) is 43.3 Å². The van der Waals surface area contributed by atoms with Crippen LogP contribution in [-0.4, -0.2) is 31.2 Å². The Balaban J connectivity index is 1.81. The fraction of sp³-hybridized carbons (Fsp3) is 0.0952. The summed E-state index contributed by atoms with van der Waals surface area (Å²) in [6.45, 7) is 2.32. The molecule has 5 N–H and O–H groups in total. The fourth-order valence-electron chi connectivity index (χ4n) is 3.27. The molecule has 0 saturated heterocycles. The zero-order valence-electron chi connectivity index (χ0n) is 16.2. The molecule has 0 aliphatic rings. The van der Waals surface area contributed by atoms with E-state index in [2.05, 4.69) is 20.3 Å². The topological polar surface area (TPSA) is 141 Å². The molecule has 0 spiro atoms. The maximum atomic E-state index is 11.8. The molecule has 0 radical (unpaired) electrons. The Morgan fingerprint density at radius 3 is 2.47 bits per heavy atom. The van der Waals surface area contributed by atoms with E-state index < -0.39 is 11.8 Å². The number of hydrogen-bond acceptors (Lipinski definition) is 6. The van der Waals surface area contributed by atoms with Crippen LogP contribution in [0.3, 0.4) is 0 Å². The summed E-state index contributed by atoms with van der Waals surface area (Å²) in [5.41, 5.74) is 14.4. The van der Waals surface area contributed by atoms with Gasteiger partial charge in [0, 0.05) is 12.7 Å². The Hall–Kier alpha value is -4.27. The van der Waals surface area contributed by atoms with Crippen molar-refractivity contribution >= 4 is 23.3 Å². The normalized spacial score (nSPS) is 10.8. The largest absolute Gasteiger partial charge is 0.366 e. The van der Waals surface area contributed by atoms with Crippen molar-refractivity contribution in [3.8, 4) is 11.5 Å². The van der Waals surface area contributed by atoms with Crippen LogP contribution in [0.2, 0.25) is 0 Å². The second-order valence-electron chi connectivity index (χ2n) is 6.73. The summed E-state index contributed by atoms with van der Waals surface area (Å²) in [7, 11) is 0. The summed E-state index contributed by atoms with van der Waals surface area (Å²) >= 11 is 0. The molecule has 2 amide bonds. The van der Waals surface area contributed by atoms with Crippen molar-refractivity contribution in [2.75, 3.05) is 5.32 Å². The molecule has 1 aromatic carbocycles. The third-order valence-corrected chi connectivity index (χ3v) is 4.63. The Bertz CT molecular complexity index is 1270. The molecule has 0 bridgehead atoms. The first kappa shape index (κ1) is 19.1. The maximum absolute atomic E-state index is 11.8. The van der Waals surface area contributed by atoms with E-state index >= 15 is 0 Å². The van der Waals surface area contributed by atoms with E-state index in [0.717, 1.165) is 11.1 Å². The van der Waals surface area contributed by atoms with Crippen LogP contribution in [0.5, 0.6) is 0 Å². The third kappa shape index (κ3) is 3.55. The van der Waals surface area contributed by atoms with Gasteiger partial charge in [0.2, 0.25) is 11.8 Å². The second-order valence-corrected chi connectivity index (χ2v) is 6.73. The molecule has 0 fully saturated rings. The van der Waals surface area contributed by atoms with Gasteiger partial charge < -0.3 is 21.2 Å². The molecule has 4 aromatic rings. The smallest absolute Gasteiger partial charge is 0.286 e. The highest BCUT2D eigenvalue weighted by Gasteiger charge is 2.19. The van der Waals surface area contributed by atoms with Gasteiger partial charge in [0.1, 0.15) is 0 Å². The van der Waals surface area contributed by atoms with E-state index in [9.17, 15) is 9.59 Å². The van der Waals surface area contributed by atoms with Crippen LogP contribution in [0, 0.1) is 6.92 Å². The second kappa shape index (κ2) is 7.63. The number of carbonyl (C=O) groups excluding carboxylic acids is 2. The number of aromatic nitrogens is 4. The number of aryl methyl sites for hydroxylation is 1. The standard InChI is InChI=1S/C21H19N7O2/c1-12-10-15-14(17(22)29)8-5-9-28(15)16(12)19-25-20(18(23)30)27-21(26-19)24-11-13-6-3-2-4-7-13/h2-10H,11H2,1H3,(H2,22,29)(H2,23,30)(H,24,25,26,27). The molecule has 0 atom stereocenters. The number of amides is 2. The van der Waals surface area contributed by atoms with Gasteiger partial charge in [-0.05, 0) is 36.2 Å². The summed E-state index contributed by atoms with van der Waals surface area (Å²) in [6, 6.07) is 14.9. The van der Waals surface area contributed by atoms with Crippen LogP contribution in [-0.2, 0) is 6.54 Å². The minimum atomic E-state index is -0.766. The highest BCUT2D eigenvalue weighted by atomic mass is 16.1. The van der Waals surface area contributed by atoms with Crippen LogP contribution in [0.15, 0.2) is 54.7 Å². The van der Waals surface area contributed by atoms with Gasteiger partial charge in [-0.3, -0.25) is 9.59 Å². The number of primary amides is 2. The third-order valence-electron chi connectivity index (χ3n) is 4.63. The molecular weight excluding hydrogens is 382 g/mol. The van der Waals surface area contributed by atoms with Gasteiger partial charge in [-0.2, -0.15) is 9.97 Å². The van der Waals surface area contributed by atoms with E-state index in [-0.39, 0.29) is 17.6 Å². The molecule has 150 valence electrons. The molecule has 4 rings (SSSR count). The SMILES string of the molecule is Cc1cc2c(C(N)=O)cccn2c1-c1nc(NCc2ccccc2)nc(C(N)=O)n1. The van der Waals surface area contributed by atoms with Crippen LogP contribution in [0.1, 0.15) is 32.1 Å². The quantitative estimate of drug-likeness (QED) is 0.451. The molecule has 30 heavy (non-hydrogen) atoms. The lowest BCUT2D eigenvalue weighted by Crippen LogP contribution is -2.18. The first-order valence-corrected chi connectivity index (χ1v) is 9.18. The Labute approximate surface area is 171 Å². The first-order chi connectivity index (χ1) is 14.4. The fourth-order valence-corrected chi connectivity index (χ4v) is 3.27. The lowest BCUT2D eigenvalue weighted by atomic mass is 10.2. The number of anilines is 1. The van der Waals surface area contributed by atoms with Crippen molar-refractivity contribution in [2.24, 2.45) is 11.5 Å². The average molecular weight is 401 g/mol. The molecule has 0 saturated carbocycles. The number of fused-ring (bicyclic) bond motifs is 1. The predicted octanol–water partition coefficient (Wildman–Crippen LogP) is 1.91. The summed E-state index contributed by atoms with van der Waals surface area (Å²) in [4.78, 5) is 36.4. The van der Waals surface area contributed by atoms with E-state index in [1.165, 1.54) is 0 Å². The molecule has 9 nitrogen and oxygen atoms in total. The highest BCUT2D eigenvalue weighted by Crippen LogP contribution is 2.27. The van der Waals surface area contributed by atoms with Crippen LogP contribution in [0.4, 0.5) is 5.95 Å². The van der Waals surface area contributed by atoms with Crippen molar-refractivity contribution in [1.29, 1.82) is 0 Å². The molecule has 3 heterocycles. The van der Waals surface area contributed by atoms with Gasteiger partial charge >= 0.3 is 0 Å². The minimum Gasteiger partial charge on any atom is -0.366 e. The van der Waals surface area contributed by atoms with Crippen molar-refractivity contribution in [2.45, 2.75) is 13.5 Å². The van der Waals surface area contributed by atoms with Gasteiger partial charge in [-0.25, -0.2) is 4.98 Å². The molecular formula is C21H19N7O2. The lowest BCUT2D eigenvalue weighted by Gasteiger charge is -2.09. The highest BCUT2D eigenvalue weighted by molar-refractivity contribution is 6.00. The minimum absolute atomic E-state index is 0.157. The first-order valence-electron chi connectivity index (χ1n) is 9.18. The Kier molecular flexibility index (Phi) is 4.85. The summed E-state index contributed by atoms with van der Waals surface area (Å²) in [5, 5.41) is 3.10. The molecule has 3 aromatic heterocycles. The number of nitrogens with zero attached hydrogens (tertiary/aromatic N) is 4. The van der Waals surface area contributed by atoms with E-state index in [0.29, 0.717) is 23.3 Å². The number of benzene rings is 1. The van der Waals surface area contributed by atoms with Crippen molar-refractivity contribution in [3.05, 3.63) is 77.2 Å². The van der Waals surface area contributed by atoms with Crippen molar-refractivity contribution in [1.82, 2.24) is 19.4 Å². The van der Waals surface area contributed by atoms with Gasteiger partial charge in [0.15, 0.2) is 5.82 Å². The van der Waals surface area contributed by atoms with Crippen molar-refractivity contribution in [3.63, 3.8) is 0 Å². The van der Waals surface area contributed by atoms with Gasteiger partial charge in [-0.1, -0.05) is 30.3 Å². The van der Waals surface area contributed by atoms with E-state index in [1.54, 1.807) is 22.7 Å². The van der Waals surface area contributed by atoms with Crippen LogP contribution in [0.25, 0.3) is 17.0 Å². The predicted molar refractivity (Wildman–Crippen MR) is 112 cm³/mol. The number of pyridine rings is 1. The molecule has 0 unspecified atom stereocenters. The molecule has 0 aliphatic carbocycles. The Morgan fingerprint density at radius 2 is 1.77 bits per heavy atom. The van der Waals surface area contributed by atoms with Gasteiger partial charge in [0.25, 0.3) is 11.8 Å². The monoisotopic (exact) mass is 401 g/mol. The number of nitrogens with one attached hydrogen (secondary N) is 1. The number of hydrogen-bond donors (Lipinski definition) is 3. The summed E-state index contributed by atoms with van der Waals surface area (Å²) in [5.74, 6) is -0.983. The van der Waals surface area contributed by atoms with Crippen LogP contribution >= 0.6 is 0 Å². The summed E-state index contributed by atoms with van der Waals surface area (Å²) < 4.78 is 1.76. The number of nitrogens with two attached hydrogens (primary N) is 2. The zero-order valence-corrected chi connectivity index (χ0v) is 16.2. The average Bonchev–Trinajstić information content (AvgIpc) is 3.08. The Morgan fingerprint density at radius 1 is 1.00 bits per heavy atom. The van der Waals surface area contributed by atoms with Gasteiger partial charge in [-0.15, -0.1) is 0 Å². The number of carbonyl (C=O) groups is 2. The van der Waals surface area contributed by atoms with Crippen molar-refractivity contribution < 1.29 is 9.59 Å².